The van der Waals surface area contributed by atoms with E-state index in [1.807, 2.05) is 12.1 Å². The Hall–Kier alpha value is -0.890. The summed E-state index contributed by atoms with van der Waals surface area (Å²) in [5.41, 5.74) is 0.903. The summed E-state index contributed by atoms with van der Waals surface area (Å²) >= 11 is 0. The summed E-state index contributed by atoms with van der Waals surface area (Å²) in [7, 11) is 2.12. The van der Waals surface area contributed by atoms with E-state index in [9.17, 15) is 4.39 Å². The molecule has 1 saturated heterocycles. The molecule has 0 radical (unpaired) electrons. The Morgan fingerprint density at radius 1 is 1.20 bits per heavy atom. The molecule has 0 amide bonds. The van der Waals surface area contributed by atoms with Crippen LogP contribution in [0.3, 0.4) is 0 Å². The van der Waals surface area contributed by atoms with Gasteiger partial charge in [0.15, 0.2) is 0 Å². The van der Waals surface area contributed by atoms with Gasteiger partial charge in [0, 0.05) is 0 Å². The van der Waals surface area contributed by atoms with Crippen molar-refractivity contribution in [1.82, 2.24) is 4.90 Å². The van der Waals surface area contributed by atoms with Crippen LogP contribution in [0.2, 0.25) is 0 Å². The Bertz CT molecular complexity index is 303. The summed E-state index contributed by atoms with van der Waals surface area (Å²) in [6.07, 6.45) is 2.16. The first kappa shape index (κ1) is 12.2. The molecule has 0 unspecified atom stereocenters. The molecule has 1 aromatic carbocycles. The van der Waals surface area contributed by atoms with Gasteiger partial charge in [0.25, 0.3) is 0 Å². The molecule has 1 aliphatic rings. The SMILES string of the molecule is C.CN1CCC(c2ccccc2F)CC1. The second kappa shape index (κ2) is 5.26. The maximum atomic E-state index is 13.5. The highest BCUT2D eigenvalue weighted by atomic mass is 19.1. The van der Waals surface area contributed by atoms with Crippen molar-refractivity contribution < 1.29 is 4.39 Å². The summed E-state index contributed by atoms with van der Waals surface area (Å²) in [6.45, 7) is 2.16. The van der Waals surface area contributed by atoms with Crippen LogP contribution in [0.4, 0.5) is 4.39 Å². The number of hydrogen-bond donors (Lipinski definition) is 0. The van der Waals surface area contributed by atoms with E-state index in [4.69, 9.17) is 0 Å². The molecule has 1 aliphatic heterocycles. The molecule has 1 fully saturated rings. The molecular formula is C13H20FN. The summed E-state index contributed by atoms with van der Waals surface area (Å²) in [5, 5.41) is 0. The van der Waals surface area contributed by atoms with Crippen LogP contribution in [0.25, 0.3) is 0 Å². The van der Waals surface area contributed by atoms with E-state index >= 15 is 0 Å². The van der Waals surface area contributed by atoms with E-state index in [0.29, 0.717) is 5.92 Å². The molecule has 0 saturated carbocycles. The van der Waals surface area contributed by atoms with Crippen LogP contribution >= 0.6 is 0 Å². The van der Waals surface area contributed by atoms with Crippen molar-refractivity contribution in [3.63, 3.8) is 0 Å². The molecule has 1 aromatic rings. The van der Waals surface area contributed by atoms with Gasteiger partial charge in [-0.25, -0.2) is 4.39 Å². The molecule has 84 valence electrons. The fraction of sp³-hybridized carbons (Fsp3) is 0.538. The second-order valence-corrected chi connectivity index (χ2v) is 4.10. The number of halogens is 1. The van der Waals surface area contributed by atoms with Crippen molar-refractivity contribution in [2.75, 3.05) is 20.1 Å². The lowest BCUT2D eigenvalue weighted by atomic mass is 9.89. The molecule has 1 nitrogen and oxygen atoms in total. The highest BCUT2D eigenvalue weighted by molar-refractivity contribution is 5.22. The molecule has 15 heavy (non-hydrogen) atoms. The Balaban J connectivity index is 0.00000112. The third-order valence-corrected chi connectivity index (χ3v) is 3.06. The van der Waals surface area contributed by atoms with Gasteiger partial charge in [-0.3, -0.25) is 0 Å². The highest BCUT2D eigenvalue weighted by Gasteiger charge is 2.20. The number of benzene rings is 1. The zero-order valence-electron chi connectivity index (χ0n) is 8.54. The van der Waals surface area contributed by atoms with Crippen molar-refractivity contribution in [2.24, 2.45) is 0 Å². The largest absolute Gasteiger partial charge is 0.306 e. The average Bonchev–Trinajstić information content (AvgIpc) is 2.20. The maximum absolute atomic E-state index is 13.5. The van der Waals surface area contributed by atoms with Gasteiger partial charge in [-0.2, -0.15) is 0 Å². The Morgan fingerprint density at radius 2 is 1.80 bits per heavy atom. The predicted octanol–water partition coefficient (Wildman–Crippen LogP) is 3.27. The topological polar surface area (TPSA) is 3.24 Å². The summed E-state index contributed by atoms with van der Waals surface area (Å²) < 4.78 is 13.5. The molecule has 2 rings (SSSR count). The number of piperidine rings is 1. The fourth-order valence-electron chi connectivity index (χ4n) is 2.13. The molecular weight excluding hydrogens is 189 g/mol. The molecule has 2 heteroatoms. The predicted molar refractivity (Wildman–Crippen MR) is 62.6 cm³/mol. The summed E-state index contributed by atoms with van der Waals surface area (Å²) in [5.74, 6) is 0.384. The van der Waals surface area contributed by atoms with E-state index in [1.54, 1.807) is 12.1 Å². The Kier molecular flexibility index (Phi) is 4.28. The Labute approximate surface area is 91.9 Å². The average molecular weight is 209 g/mol. The van der Waals surface area contributed by atoms with E-state index in [1.165, 1.54) is 0 Å². The first-order valence-electron chi connectivity index (χ1n) is 5.20. The zero-order chi connectivity index (χ0) is 9.97. The fourth-order valence-corrected chi connectivity index (χ4v) is 2.13. The third kappa shape index (κ3) is 2.78. The lowest BCUT2D eigenvalue weighted by Crippen LogP contribution is -2.29. The normalized spacial score (nSPS) is 18.5. The van der Waals surface area contributed by atoms with E-state index in [-0.39, 0.29) is 13.2 Å². The molecule has 0 aliphatic carbocycles. The molecule has 0 aromatic heterocycles. The van der Waals surface area contributed by atoms with Gasteiger partial charge in [-0.1, -0.05) is 25.6 Å². The first-order chi connectivity index (χ1) is 6.77. The van der Waals surface area contributed by atoms with Crippen molar-refractivity contribution in [1.29, 1.82) is 0 Å². The van der Waals surface area contributed by atoms with Gasteiger partial charge in [-0.15, -0.1) is 0 Å². The van der Waals surface area contributed by atoms with Gasteiger partial charge < -0.3 is 4.90 Å². The van der Waals surface area contributed by atoms with Crippen LogP contribution in [0, 0.1) is 5.82 Å². The van der Waals surface area contributed by atoms with Gasteiger partial charge in [0.2, 0.25) is 0 Å². The zero-order valence-corrected chi connectivity index (χ0v) is 8.54. The maximum Gasteiger partial charge on any atom is 0.126 e. The lowest BCUT2D eigenvalue weighted by molar-refractivity contribution is 0.253. The summed E-state index contributed by atoms with van der Waals surface area (Å²) in [6, 6.07) is 7.17. The number of hydrogen-bond acceptors (Lipinski definition) is 1. The number of nitrogens with zero attached hydrogens (tertiary/aromatic N) is 1. The third-order valence-electron chi connectivity index (χ3n) is 3.06. The van der Waals surface area contributed by atoms with E-state index in [2.05, 4.69) is 11.9 Å². The molecule has 1 heterocycles. The van der Waals surface area contributed by atoms with Gasteiger partial charge in [0.05, 0.1) is 0 Å². The molecule has 0 atom stereocenters. The molecule has 0 bridgehead atoms. The number of likely N-dealkylation sites (tertiary alicyclic amines) is 1. The first-order valence-corrected chi connectivity index (χ1v) is 5.20. The minimum absolute atomic E-state index is 0. The lowest BCUT2D eigenvalue weighted by Gasteiger charge is -2.29. The summed E-state index contributed by atoms with van der Waals surface area (Å²) in [4.78, 5) is 2.30. The smallest absolute Gasteiger partial charge is 0.126 e. The van der Waals surface area contributed by atoms with Crippen molar-refractivity contribution in [3.8, 4) is 0 Å². The number of rotatable bonds is 1. The second-order valence-electron chi connectivity index (χ2n) is 4.10. The van der Waals surface area contributed by atoms with Crippen LogP contribution in [-0.2, 0) is 0 Å². The highest BCUT2D eigenvalue weighted by Crippen LogP contribution is 2.28. The molecule has 0 N–H and O–H groups in total. The molecule has 0 spiro atoms. The Morgan fingerprint density at radius 3 is 2.40 bits per heavy atom. The van der Waals surface area contributed by atoms with Crippen LogP contribution in [-0.4, -0.2) is 25.0 Å². The monoisotopic (exact) mass is 209 g/mol. The van der Waals surface area contributed by atoms with E-state index < -0.39 is 0 Å². The van der Waals surface area contributed by atoms with Crippen molar-refractivity contribution in [3.05, 3.63) is 35.6 Å². The minimum atomic E-state index is -0.0398. The standard InChI is InChI=1S/C12H16FN.CH4/c1-14-8-6-10(7-9-14)11-4-2-3-5-12(11)13;/h2-5,10H,6-9H2,1H3;1H4. The quantitative estimate of drug-likeness (QED) is 0.686. The van der Waals surface area contributed by atoms with Crippen LogP contribution in [0.5, 0.6) is 0 Å². The van der Waals surface area contributed by atoms with Gasteiger partial charge in [-0.05, 0) is 50.5 Å². The van der Waals surface area contributed by atoms with Crippen LogP contribution in [0.1, 0.15) is 31.7 Å². The van der Waals surface area contributed by atoms with Crippen LogP contribution in [0.15, 0.2) is 24.3 Å². The van der Waals surface area contributed by atoms with Gasteiger partial charge >= 0.3 is 0 Å². The van der Waals surface area contributed by atoms with Crippen molar-refractivity contribution >= 4 is 0 Å². The van der Waals surface area contributed by atoms with Gasteiger partial charge in [0.1, 0.15) is 5.82 Å². The minimum Gasteiger partial charge on any atom is -0.306 e. The van der Waals surface area contributed by atoms with Crippen LogP contribution < -0.4 is 0 Å². The van der Waals surface area contributed by atoms with Crippen molar-refractivity contribution in [2.45, 2.75) is 26.2 Å². The van der Waals surface area contributed by atoms with E-state index in [0.717, 1.165) is 31.5 Å².